The SMILES string of the molecule is CCOc1ccc(CNCCO)cc1Cl.[Cl-]. The number of aliphatic hydroxyl groups excluding tert-OH is 1. The van der Waals surface area contributed by atoms with Crippen LogP contribution in [0.2, 0.25) is 5.02 Å². The first-order chi connectivity index (χ1) is 7.27. The van der Waals surface area contributed by atoms with Crippen molar-refractivity contribution in [2.75, 3.05) is 19.8 Å². The largest absolute Gasteiger partial charge is 1.00 e. The molecule has 0 fully saturated rings. The lowest BCUT2D eigenvalue weighted by Gasteiger charge is -2.08. The minimum absolute atomic E-state index is 0. The molecule has 0 saturated carbocycles. The summed E-state index contributed by atoms with van der Waals surface area (Å²) in [5, 5.41) is 12.3. The summed E-state index contributed by atoms with van der Waals surface area (Å²) in [5.74, 6) is 0.713. The minimum atomic E-state index is 0. The zero-order chi connectivity index (χ0) is 11.1. The number of halogens is 2. The lowest BCUT2D eigenvalue weighted by Crippen LogP contribution is -3.00. The van der Waals surface area contributed by atoms with Crippen LogP contribution in [0.1, 0.15) is 12.5 Å². The number of hydrogen-bond donors (Lipinski definition) is 2. The predicted molar refractivity (Wildman–Crippen MR) is 61.4 cm³/mol. The molecule has 1 rings (SSSR count). The summed E-state index contributed by atoms with van der Waals surface area (Å²) in [6, 6.07) is 5.69. The maximum absolute atomic E-state index is 8.60. The van der Waals surface area contributed by atoms with E-state index in [9.17, 15) is 0 Å². The lowest BCUT2D eigenvalue weighted by molar-refractivity contribution is -0.00000466. The lowest BCUT2D eigenvalue weighted by atomic mass is 10.2. The normalized spacial score (nSPS) is 9.69. The molecular weight excluding hydrogens is 249 g/mol. The van der Waals surface area contributed by atoms with E-state index in [-0.39, 0.29) is 19.0 Å². The van der Waals surface area contributed by atoms with Crippen molar-refractivity contribution in [1.82, 2.24) is 5.32 Å². The van der Waals surface area contributed by atoms with Gasteiger partial charge in [0.1, 0.15) is 5.75 Å². The van der Waals surface area contributed by atoms with E-state index in [1.165, 1.54) is 0 Å². The van der Waals surface area contributed by atoms with E-state index in [2.05, 4.69) is 5.32 Å². The molecule has 0 atom stereocenters. The quantitative estimate of drug-likeness (QED) is 0.637. The second kappa shape index (κ2) is 8.65. The fourth-order valence-electron chi connectivity index (χ4n) is 1.24. The molecule has 0 bridgehead atoms. The Morgan fingerprint density at radius 3 is 2.75 bits per heavy atom. The van der Waals surface area contributed by atoms with Gasteiger partial charge in [-0.05, 0) is 24.6 Å². The Balaban J connectivity index is 0.00000225. The third kappa shape index (κ3) is 5.03. The average Bonchev–Trinajstić information content (AvgIpc) is 2.23. The van der Waals surface area contributed by atoms with Gasteiger partial charge in [0, 0.05) is 13.1 Å². The van der Waals surface area contributed by atoms with E-state index < -0.39 is 0 Å². The van der Waals surface area contributed by atoms with Crippen molar-refractivity contribution < 1.29 is 22.3 Å². The van der Waals surface area contributed by atoms with Crippen LogP contribution in [0.5, 0.6) is 5.75 Å². The van der Waals surface area contributed by atoms with Gasteiger partial charge >= 0.3 is 0 Å². The van der Waals surface area contributed by atoms with Crippen LogP contribution in [-0.2, 0) is 6.54 Å². The summed E-state index contributed by atoms with van der Waals surface area (Å²) in [7, 11) is 0. The van der Waals surface area contributed by atoms with Gasteiger partial charge in [0.05, 0.1) is 18.2 Å². The van der Waals surface area contributed by atoms with Gasteiger partial charge in [-0.1, -0.05) is 17.7 Å². The van der Waals surface area contributed by atoms with Gasteiger partial charge in [0.15, 0.2) is 0 Å². The monoisotopic (exact) mass is 264 g/mol. The van der Waals surface area contributed by atoms with Crippen LogP contribution in [0.4, 0.5) is 0 Å². The molecule has 0 saturated heterocycles. The van der Waals surface area contributed by atoms with Crippen LogP contribution in [0.25, 0.3) is 0 Å². The Kier molecular flexibility index (Phi) is 8.39. The van der Waals surface area contributed by atoms with Crippen LogP contribution < -0.4 is 22.5 Å². The number of nitrogens with one attached hydrogen (secondary N) is 1. The molecule has 5 heteroatoms. The molecule has 1 aromatic rings. The molecule has 1 aromatic carbocycles. The number of rotatable bonds is 6. The van der Waals surface area contributed by atoms with E-state index >= 15 is 0 Å². The van der Waals surface area contributed by atoms with Gasteiger partial charge in [-0.15, -0.1) is 0 Å². The van der Waals surface area contributed by atoms with Gasteiger partial charge in [-0.3, -0.25) is 0 Å². The van der Waals surface area contributed by atoms with Crippen LogP contribution >= 0.6 is 11.6 Å². The molecule has 0 spiro atoms. The summed E-state index contributed by atoms with van der Waals surface area (Å²) < 4.78 is 5.32. The molecular formula is C11H16Cl2NO2-. The van der Waals surface area contributed by atoms with Crippen LogP contribution in [0, 0.1) is 0 Å². The summed E-state index contributed by atoms with van der Waals surface area (Å²) >= 11 is 6.02. The Morgan fingerprint density at radius 2 is 2.19 bits per heavy atom. The molecule has 0 aliphatic heterocycles. The van der Waals surface area contributed by atoms with E-state index in [4.69, 9.17) is 21.4 Å². The summed E-state index contributed by atoms with van der Waals surface area (Å²) in [6.45, 7) is 3.97. The Labute approximate surface area is 107 Å². The molecule has 0 amide bonds. The first kappa shape index (κ1) is 15.5. The fraction of sp³-hybridized carbons (Fsp3) is 0.455. The first-order valence-corrected chi connectivity index (χ1v) is 5.38. The van der Waals surface area contributed by atoms with E-state index in [0.29, 0.717) is 30.5 Å². The molecule has 0 aliphatic carbocycles. The first-order valence-electron chi connectivity index (χ1n) is 5.00. The molecule has 16 heavy (non-hydrogen) atoms. The van der Waals surface area contributed by atoms with Gasteiger partial charge in [-0.2, -0.15) is 0 Å². The van der Waals surface area contributed by atoms with Gasteiger partial charge in [-0.25, -0.2) is 0 Å². The fourth-order valence-corrected chi connectivity index (χ4v) is 1.50. The van der Waals surface area contributed by atoms with E-state index in [1.54, 1.807) is 0 Å². The average molecular weight is 265 g/mol. The second-order valence-electron chi connectivity index (χ2n) is 3.10. The zero-order valence-corrected chi connectivity index (χ0v) is 10.7. The molecule has 0 aliphatic rings. The van der Waals surface area contributed by atoms with E-state index in [0.717, 1.165) is 5.56 Å². The highest BCUT2D eigenvalue weighted by molar-refractivity contribution is 6.32. The number of ether oxygens (including phenoxy) is 1. The maximum Gasteiger partial charge on any atom is 0.137 e. The summed E-state index contributed by atoms with van der Waals surface area (Å²) in [5.41, 5.74) is 1.08. The predicted octanol–water partition coefficient (Wildman–Crippen LogP) is -1.18. The summed E-state index contributed by atoms with van der Waals surface area (Å²) in [4.78, 5) is 0. The van der Waals surface area contributed by atoms with Crippen molar-refractivity contribution >= 4 is 11.6 Å². The van der Waals surface area contributed by atoms with Gasteiger partial charge < -0.3 is 27.6 Å². The standard InChI is InChI=1S/C11H16ClNO2.ClH/c1-2-15-11-4-3-9(7-10(11)12)8-13-5-6-14;/h3-4,7,13-14H,2,5-6,8H2,1H3;1H/p-1. The zero-order valence-electron chi connectivity index (χ0n) is 9.17. The minimum Gasteiger partial charge on any atom is -1.00 e. The third-order valence-electron chi connectivity index (χ3n) is 1.91. The van der Waals surface area contributed by atoms with Crippen LogP contribution in [0.3, 0.4) is 0 Å². The molecule has 0 aromatic heterocycles. The van der Waals surface area contributed by atoms with Crippen molar-refractivity contribution in [2.45, 2.75) is 13.5 Å². The van der Waals surface area contributed by atoms with Crippen LogP contribution in [0.15, 0.2) is 18.2 Å². The molecule has 3 nitrogen and oxygen atoms in total. The Hall–Kier alpha value is -0.480. The van der Waals surface area contributed by atoms with Crippen molar-refractivity contribution in [3.63, 3.8) is 0 Å². The van der Waals surface area contributed by atoms with Crippen molar-refractivity contribution in [2.24, 2.45) is 0 Å². The Morgan fingerprint density at radius 1 is 1.44 bits per heavy atom. The van der Waals surface area contributed by atoms with Gasteiger partial charge in [0.2, 0.25) is 0 Å². The molecule has 0 radical (unpaired) electrons. The topological polar surface area (TPSA) is 41.5 Å². The second-order valence-corrected chi connectivity index (χ2v) is 3.51. The van der Waals surface area contributed by atoms with Crippen molar-refractivity contribution in [1.29, 1.82) is 0 Å². The molecule has 0 unspecified atom stereocenters. The van der Waals surface area contributed by atoms with Crippen molar-refractivity contribution in [3.05, 3.63) is 28.8 Å². The number of aliphatic hydroxyl groups is 1. The molecule has 2 N–H and O–H groups in total. The maximum atomic E-state index is 8.60. The van der Waals surface area contributed by atoms with Gasteiger partial charge in [0.25, 0.3) is 0 Å². The van der Waals surface area contributed by atoms with E-state index in [1.807, 2.05) is 25.1 Å². The smallest absolute Gasteiger partial charge is 0.137 e. The highest BCUT2D eigenvalue weighted by Gasteiger charge is 2.01. The Bertz CT molecular complexity index is 308. The highest BCUT2D eigenvalue weighted by atomic mass is 35.5. The third-order valence-corrected chi connectivity index (χ3v) is 2.21. The number of benzene rings is 1. The van der Waals surface area contributed by atoms with Crippen molar-refractivity contribution in [3.8, 4) is 5.75 Å². The molecule has 0 heterocycles. The summed E-state index contributed by atoms with van der Waals surface area (Å²) in [6.07, 6.45) is 0. The molecule has 92 valence electrons. The number of hydrogen-bond acceptors (Lipinski definition) is 3. The highest BCUT2D eigenvalue weighted by Crippen LogP contribution is 2.25. The van der Waals surface area contributed by atoms with Crippen LogP contribution in [-0.4, -0.2) is 24.9 Å².